The number of hydrogen-bond acceptors (Lipinski definition) is 6. The van der Waals surface area contributed by atoms with Crippen LogP contribution in [0.2, 0.25) is 0 Å². The Hall–Kier alpha value is -2.34. The van der Waals surface area contributed by atoms with Crippen molar-refractivity contribution in [2.24, 2.45) is 0 Å². The molecule has 21 heavy (non-hydrogen) atoms. The van der Waals surface area contributed by atoms with E-state index in [9.17, 15) is 0 Å². The van der Waals surface area contributed by atoms with Gasteiger partial charge >= 0.3 is 6.01 Å². The van der Waals surface area contributed by atoms with Gasteiger partial charge in [-0.3, -0.25) is 0 Å². The average Bonchev–Trinajstić information content (AvgIpc) is 2.55. The van der Waals surface area contributed by atoms with Crippen LogP contribution in [0, 0.1) is 0 Å². The molecule has 0 radical (unpaired) electrons. The summed E-state index contributed by atoms with van der Waals surface area (Å²) in [7, 11) is 3.23. The number of hydrogen-bond donors (Lipinski definition) is 2. The van der Waals surface area contributed by atoms with Crippen molar-refractivity contribution in [3.63, 3.8) is 0 Å². The Morgan fingerprint density at radius 1 is 1.14 bits per heavy atom. The highest BCUT2D eigenvalue weighted by atomic mass is 16.5. The molecule has 0 unspecified atom stereocenters. The predicted octanol–water partition coefficient (Wildman–Crippen LogP) is 1.88. The highest BCUT2D eigenvalue weighted by Crippen LogP contribution is 2.30. The molecule has 2 aromatic rings. The number of benzene rings is 1. The second-order valence-corrected chi connectivity index (χ2v) is 4.74. The van der Waals surface area contributed by atoms with Crippen molar-refractivity contribution >= 4 is 11.5 Å². The Labute approximate surface area is 123 Å². The Morgan fingerprint density at radius 3 is 2.81 bits per heavy atom. The van der Waals surface area contributed by atoms with Crippen molar-refractivity contribution < 1.29 is 9.47 Å². The van der Waals surface area contributed by atoms with Crippen LogP contribution in [0.5, 0.6) is 11.8 Å². The summed E-state index contributed by atoms with van der Waals surface area (Å²) in [5.41, 5.74) is 2.98. The van der Waals surface area contributed by atoms with Gasteiger partial charge in [0.15, 0.2) is 0 Å². The van der Waals surface area contributed by atoms with Crippen LogP contribution in [0.25, 0.3) is 0 Å². The smallest absolute Gasteiger partial charge is 0.318 e. The lowest BCUT2D eigenvalue weighted by Crippen LogP contribution is -2.26. The molecule has 3 rings (SSSR count). The van der Waals surface area contributed by atoms with Gasteiger partial charge in [0, 0.05) is 12.1 Å². The van der Waals surface area contributed by atoms with Crippen LogP contribution >= 0.6 is 0 Å². The van der Waals surface area contributed by atoms with Crippen molar-refractivity contribution in [3.8, 4) is 11.8 Å². The van der Waals surface area contributed by atoms with Gasteiger partial charge in [-0.1, -0.05) is 12.1 Å². The Kier molecular flexibility index (Phi) is 3.87. The Balaban J connectivity index is 2.01. The van der Waals surface area contributed by atoms with Crippen LogP contribution < -0.4 is 20.1 Å². The molecule has 0 bridgehead atoms. The SMILES string of the molecule is COc1nc2c(c(Nc3ccccc3OC)n1)CCNC2. The second kappa shape index (κ2) is 5.97. The van der Waals surface area contributed by atoms with E-state index in [0.29, 0.717) is 6.01 Å². The molecular formula is C15H18N4O2. The first-order valence-corrected chi connectivity index (χ1v) is 6.86. The van der Waals surface area contributed by atoms with Crippen LogP contribution in [0.3, 0.4) is 0 Å². The molecule has 0 saturated heterocycles. The first-order chi connectivity index (χ1) is 10.3. The Morgan fingerprint density at radius 2 is 2.00 bits per heavy atom. The number of para-hydroxylation sites is 2. The lowest BCUT2D eigenvalue weighted by molar-refractivity contribution is 0.376. The molecule has 110 valence electrons. The van der Waals surface area contributed by atoms with Gasteiger partial charge in [0.2, 0.25) is 0 Å². The zero-order valence-corrected chi connectivity index (χ0v) is 12.1. The third kappa shape index (κ3) is 2.75. The molecule has 0 fully saturated rings. The van der Waals surface area contributed by atoms with Crippen molar-refractivity contribution in [2.45, 2.75) is 13.0 Å². The number of anilines is 2. The van der Waals surface area contributed by atoms with Crippen molar-refractivity contribution in [1.82, 2.24) is 15.3 Å². The van der Waals surface area contributed by atoms with E-state index in [4.69, 9.17) is 9.47 Å². The van der Waals surface area contributed by atoms with Crippen molar-refractivity contribution in [1.29, 1.82) is 0 Å². The second-order valence-electron chi connectivity index (χ2n) is 4.74. The lowest BCUT2D eigenvalue weighted by atomic mass is 10.1. The third-order valence-electron chi connectivity index (χ3n) is 3.46. The molecule has 2 N–H and O–H groups in total. The van der Waals surface area contributed by atoms with Crippen LogP contribution in [0.1, 0.15) is 11.3 Å². The number of fused-ring (bicyclic) bond motifs is 1. The van der Waals surface area contributed by atoms with Crippen LogP contribution in [0.4, 0.5) is 11.5 Å². The topological polar surface area (TPSA) is 68.3 Å². The summed E-state index contributed by atoms with van der Waals surface area (Å²) in [6.07, 6.45) is 0.886. The number of ether oxygens (including phenoxy) is 2. The Bertz CT molecular complexity index is 646. The van der Waals surface area contributed by atoms with Gasteiger partial charge in [0.1, 0.15) is 11.6 Å². The van der Waals surface area contributed by atoms with Crippen molar-refractivity contribution in [3.05, 3.63) is 35.5 Å². The molecule has 1 aromatic heterocycles. The zero-order valence-electron chi connectivity index (χ0n) is 12.1. The normalized spacial score (nSPS) is 13.4. The highest BCUT2D eigenvalue weighted by molar-refractivity contribution is 5.66. The molecule has 0 aliphatic carbocycles. The fraction of sp³-hybridized carbons (Fsp3) is 0.333. The minimum atomic E-state index is 0.370. The maximum absolute atomic E-state index is 5.37. The maximum atomic E-state index is 5.37. The number of nitrogens with zero attached hydrogens (tertiary/aromatic N) is 2. The summed E-state index contributed by atoms with van der Waals surface area (Å²) in [6, 6.07) is 8.13. The van der Waals surface area contributed by atoms with Crippen LogP contribution in [0.15, 0.2) is 24.3 Å². The van der Waals surface area contributed by atoms with E-state index in [1.807, 2.05) is 24.3 Å². The van der Waals surface area contributed by atoms with Crippen LogP contribution in [-0.4, -0.2) is 30.7 Å². The molecule has 6 heteroatoms. The van der Waals surface area contributed by atoms with Gasteiger partial charge in [-0.25, -0.2) is 0 Å². The quantitative estimate of drug-likeness (QED) is 0.894. The van der Waals surface area contributed by atoms with Gasteiger partial charge in [0.05, 0.1) is 25.6 Å². The van der Waals surface area contributed by atoms with Crippen molar-refractivity contribution in [2.75, 3.05) is 26.1 Å². The molecule has 0 atom stereocenters. The number of nitrogens with one attached hydrogen (secondary N) is 2. The summed E-state index contributed by atoms with van der Waals surface area (Å²) in [6.45, 7) is 1.65. The minimum Gasteiger partial charge on any atom is -0.495 e. The van der Waals surface area contributed by atoms with E-state index in [2.05, 4.69) is 20.6 Å². The highest BCUT2D eigenvalue weighted by Gasteiger charge is 2.18. The lowest BCUT2D eigenvalue weighted by Gasteiger charge is -2.20. The van der Waals surface area contributed by atoms with Crippen LogP contribution in [-0.2, 0) is 13.0 Å². The summed E-state index contributed by atoms with van der Waals surface area (Å²) < 4.78 is 10.6. The van der Waals surface area contributed by atoms with E-state index in [1.54, 1.807) is 14.2 Å². The predicted molar refractivity (Wildman–Crippen MR) is 80.3 cm³/mol. The minimum absolute atomic E-state index is 0.370. The largest absolute Gasteiger partial charge is 0.495 e. The van der Waals surface area contributed by atoms with E-state index >= 15 is 0 Å². The summed E-state index contributed by atoms with van der Waals surface area (Å²) in [5, 5.41) is 6.65. The van der Waals surface area contributed by atoms with E-state index in [0.717, 1.165) is 48.0 Å². The maximum Gasteiger partial charge on any atom is 0.318 e. The fourth-order valence-electron chi connectivity index (χ4n) is 2.41. The number of rotatable bonds is 4. The molecular weight excluding hydrogens is 268 g/mol. The van der Waals surface area contributed by atoms with E-state index in [1.165, 1.54) is 0 Å². The average molecular weight is 286 g/mol. The third-order valence-corrected chi connectivity index (χ3v) is 3.46. The molecule has 1 aromatic carbocycles. The van der Waals surface area contributed by atoms with E-state index < -0.39 is 0 Å². The number of aromatic nitrogens is 2. The molecule has 0 saturated carbocycles. The summed E-state index contributed by atoms with van der Waals surface area (Å²) in [5.74, 6) is 1.56. The molecule has 0 amide bonds. The number of methoxy groups -OCH3 is 2. The van der Waals surface area contributed by atoms with E-state index in [-0.39, 0.29) is 0 Å². The molecule has 2 heterocycles. The van der Waals surface area contributed by atoms with Gasteiger partial charge in [-0.15, -0.1) is 0 Å². The fourth-order valence-corrected chi connectivity index (χ4v) is 2.41. The monoisotopic (exact) mass is 286 g/mol. The summed E-state index contributed by atoms with van der Waals surface area (Å²) in [4.78, 5) is 8.86. The molecule has 1 aliphatic heterocycles. The molecule has 0 spiro atoms. The first kappa shape index (κ1) is 13.6. The van der Waals surface area contributed by atoms with Gasteiger partial charge < -0.3 is 20.1 Å². The molecule has 1 aliphatic rings. The van der Waals surface area contributed by atoms with Gasteiger partial charge in [-0.2, -0.15) is 9.97 Å². The van der Waals surface area contributed by atoms with Gasteiger partial charge in [0.25, 0.3) is 0 Å². The first-order valence-electron chi connectivity index (χ1n) is 6.86. The summed E-state index contributed by atoms with van der Waals surface area (Å²) >= 11 is 0. The zero-order chi connectivity index (χ0) is 14.7. The molecule has 6 nitrogen and oxygen atoms in total. The standard InChI is InChI=1S/C15H18N4O2/c1-20-13-6-4-3-5-11(13)17-14-10-7-8-16-9-12(10)18-15(19-14)21-2/h3-6,16H,7-9H2,1-2H3,(H,17,18,19). The van der Waals surface area contributed by atoms with Gasteiger partial charge in [-0.05, 0) is 25.1 Å².